The van der Waals surface area contributed by atoms with Crippen molar-refractivity contribution in [2.45, 2.75) is 17.9 Å². The summed E-state index contributed by atoms with van der Waals surface area (Å²) in [7, 11) is -3.41. The third-order valence-corrected chi connectivity index (χ3v) is 6.20. The standard InChI is InChI=1S/C12H15BrN2O2S.ClH/c1-7-2-3-11(10(13)4-7)18(16,17)15-12-8-5-14-6-9(8)12;/h2-4,8-9,12,14-15H,5-6H2,1H3;1H. The van der Waals surface area contributed by atoms with Crippen molar-refractivity contribution < 1.29 is 8.42 Å². The highest BCUT2D eigenvalue weighted by Crippen LogP contribution is 2.42. The number of benzene rings is 1. The van der Waals surface area contributed by atoms with Gasteiger partial charge in [0.05, 0.1) is 4.90 Å². The maximum atomic E-state index is 12.3. The molecule has 4 nitrogen and oxygen atoms in total. The Morgan fingerprint density at radius 3 is 2.53 bits per heavy atom. The van der Waals surface area contributed by atoms with E-state index in [1.807, 2.05) is 19.1 Å². The molecular weight excluding hydrogens is 352 g/mol. The number of halogens is 2. The third kappa shape index (κ3) is 2.83. The van der Waals surface area contributed by atoms with E-state index in [1.165, 1.54) is 0 Å². The Labute approximate surface area is 127 Å². The molecule has 0 amide bonds. The minimum absolute atomic E-state index is 0. The average Bonchev–Trinajstić information content (AvgIpc) is 2.74. The summed E-state index contributed by atoms with van der Waals surface area (Å²) in [5.74, 6) is 0.952. The highest BCUT2D eigenvalue weighted by atomic mass is 79.9. The first-order valence-electron chi connectivity index (χ1n) is 5.98. The minimum atomic E-state index is -3.41. The van der Waals surface area contributed by atoms with E-state index in [0.717, 1.165) is 18.7 Å². The predicted octanol–water partition coefficient (Wildman–Crippen LogP) is 1.68. The Balaban J connectivity index is 0.00000133. The van der Waals surface area contributed by atoms with Crippen LogP contribution in [0.1, 0.15) is 5.56 Å². The molecule has 19 heavy (non-hydrogen) atoms. The van der Waals surface area contributed by atoms with E-state index < -0.39 is 10.0 Å². The van der Waals surface area contributed by atoms with Gasteiger partial charge in [-0.15, -0.1) is 12.4 Å². The quantitative estimate of drug-likeness (QED) is 0.854. The number of sulfonamides is 1. The van der Waals surface area contributed by atoms with Crippen LogP contribution < -0.4 is 10.0 Å². The maximum Gasteiger partial charge on any atom is 0.241 e. The van der Waals surface area contributed by atoms with Crippen LogP contribution in [0.2, 0.25) is 0 Å². The van der Waals surface area contributed by atoms with Crippen LogP contribution in [-0.2, 0) is 10.0 Å². The van der Waals surface area contributed by atoms with E-state index in [-0.39, 0.29) is 18.4 Å². The lowest BCUT2D eigenvalue weighted by Crippen LogP contribution is -2.32. The summed E-state index contributed by atoms with van der Waals surface area (Å²) in [6, 6.07) is 5.40. The first-order valence-corrected chi connectivity index (χ1v) is 8.26. The molecule has 0 bridgehead atoms. The number of nitrogens with one attached hydrogen (secondary N) is 2. The molecule has 0 aromatic heterocycles. The monoisotopic (exact) mass is 366 g/mol. The zero-order chi connectivity index (χ0) is 12.9. The van der Waals surface area contributed by atoms with Gasteiger partial charge in [0.1, 0.15) is 0 Å². The van der Waals surface area contributed by atoms with Gasteiger partial charge >= 0.3 is 0 Å². The van der Waals surface area contributed by atoms with E-state index in [4.69, 9.17) is 0 Å². The zero-order valence-electron chi connectivity index (χ0n) is 10.4. The Hall–Kier alpha value is -0.140. The fourth-order valence-corrected chi connectivity index (χ4v) is 5.19. The molecule has 1 aliphatic carbocycles. The van der Waals surface area contributed by atoms with E-state index in [2.05, 4.69) is 26.0 Å². The number of fused-ring (bicyclic) bond motifs is 1. The SMILES string of the molecule is Cc1ccc(S(=O)(=O)NC2C3CNCC32)c(Br)c1.Cl. The van der Waals surface area contributed by atoms with Crippen LogP contribution >= 0.6 is 28.3 Å². The van der Waals surface area contributed by atoms with E-state index >= 15 is 0 Å². The minimum Gasteiger partial charge on any atom is -0.316 e. The van der Waals surface area contributed by atoms with Gasteiger partial charge in [-0.1, -0.05) is 6.07 Å². The summed E-state index contributed by atoms with van der Waals surface area (Å²) in [5, 5.41) is 3.25. The molecule has 1 aromatic rings. The number of aryl methyl sites for hydroxylation is 1. The Kier molecular flexibility index (Phi) is 4.28. The molecule has 2 atom stereocenters. The van der Waals surface area contributed by atoms with Crippen LogP contribution in [0.4, 0.5) is 0 Å². The topological polar surface area (TPSA) is 58.2 Å². The first kappa shape index (κ1) is 15.3. The van der Waals surface area contributed by atoms with Crippen molar-refractivity contribution in [1.82, 2.24) is 10.0 Å². The molecule has 2 aliphatic rings. The van der Waals surface area contributed by atoms with Crippen LogP contribution in [0.25, 0.3) is 0 Å². The lowest BCUT2D eigenvalue weighted by Gasteiger charge is -2.10. The molecule has 2 fully saturated rings. The molecule has 1 saturated carbocycles. The lowest BCUT2D eigenvalue weighted by molar-refractivity contribution is 0.565. The maximum absolute atomic E-state index is 12.3. The van der Waals surface area contributed by atoms with Crippen molar-refractivity contribution >= 4 is 38.4 Å². The summed E-state index contributed by atoms with van der Waals surface area (Å²) in [5.41, 5.74) is 1.04. The van der Waals surface area contributed by atoms with Gasteiger partial charge in [-0.25, -0.2) is 13.1 Å². The van der Waals surface area contributed by atoms with Crippen molar-refractivity contribution in [2.24, 2.45) is 11.8 Å². The van der Waals surface area contributed by atoms with Crippen LogP contribution in [0.3, 0.4) is 0 Å². The first-order chi connectivity index (χ1) is 8.49. The number of hydrogen-bond donors (Lipinski definition) is 2. The van der Waals surface area contributed by atoms with Gasteiger partial charge in [-0.3, -0.25) is 0 Å². The average molecular weight is 368 g/mol. The molecule has 7 heteroatoms. The van der Waals surface area contributed by atoms with Gasteiger partial charge < -0.3 is 5.32 Å². The van der Waals surface area contributed by atoms with Gasteiger partial charge in [0.2, 0.25) is 10.0 Å². The predicted molar refractivity (Wildman–Crippen MR) is 80.1 cm³/mol. The van der Waals surface area contributed by atoms with Crippen LogP contribution in [-0.4, -0.2) is 27.5 Å². The van der Waals surface area contributed by atoms with Gasteiger partial charge in [0.15, 0.2) is 0 Å². The van der Waals surface area contributed by atoms with Gasteiger partial charge in [0, 0.05) is 10.5 Å². The fraction of sp³-hybridized carbons (Fsp3) is 0.500. The van der Waals surface area contributed by atoms with Gasteiger partial charge in [0.25, 0.3) is 0 Å². The molecule has 3 rings (SSSR count). The lowest BCUT2D eigenvalue weighted by atomic mass is 10.2. The smallest absolute Gasteiger partial charge is 0.241 e. The highest BCUT2D eigenvalue weighted by Gasteiger charge is 2.54. The molecular formula is C12H16BrClN2O2S. The molecule has 1 saturated heterocycles. The highest BCUT2D eigenvalue weighted by molar-refractivity contribution is 9.10. The normalized spacial score (nSPS) is 28.6. The second-order valence-electron chi connectivity index (χ2n) is 5.07. The molecule has 2 unspecified atom stereocenters. The van der Waals surface area contributed by atoms with Crippen LogP contribution in [0.5, 0.6) is 0 Å². The summed E-state index contributed by atoms with van der Waals surface area (Å²) < 4.78 is 28.0. The second kappa shape index (κ2) is 5.33. The molecule has 0 spiro atoms. The molecule has 106 valence electrons. The van der Waals surface area contributed by atoms with Gasteiger partial charge in [-0.05, 0) is 65.5 Å². The van der Waals surface area contributed by atoms with Crippen molar-refractivity contribution in [3.63, 3.8) is 0 Å². The number of piperidine rings is 1. The molecule has 0 radical (unpaired) electrons. The third-order valence-electron chi connectivity index (χ3n) is 3.76. The van der Waals surface area contributed by atoms with Crippen LogP contribution in [0, 0.1) is 18.8 Å². The Morgan fingerprint density at radius 2 is 1.95 bits per heavy atom. The van der Waals surface area contributed by atoms with Crippen molar-refractivity contribution in [3.05, 3.63) is 28.2 Å². The van der Waals surface area contributed by atoms with Crippen LogP contribution in [0.15, 0.2) is 27.6 Å². The van der Waals surface area contributed by atoms with Gasteiger partial charge in [-0.2, -0.15) is 0 Å². The molecule has 1 heterocycles. The summed E-state index contributed by atoms with van der Waals surface area (Å²) in [6.07, 6.45) is 0. The number of hydrogen-bond acceptors (Lipinski definition) is 3. The van der Waals surface area contributed by atoms with Crippen molar-refractivity contribution in [1.29, 1.82) is 0 Å². The second-order valence-corrected chi connectivity index (χ2v) is 7.60. The molecule has 2 N–H and O–H groups in total. The van der Waals surface area contributed by atoms with Crippen molar-refractivity contribution in [3.8, 4) is 0 Å². The summed E-state index contributed by atoms with van der Waals surface area (Å²) in [6.45, 7) is 3.78. The Bertz CT molecular complexity index is 583. The fourth-order valence-electron chi connectivity index (χ4n) is 2.66. The van der Waals surface area contributed by atoms with E-state index in [0.29, 0.717) is 21.2 Å². The largest absolute Gasteiger partial charge is 0.316 e. The summed E-state index contributed by atoms with van der Waals surface area (Å²) in [4.78, 5) is 0.325. The van der Waals surface area contributed by atoms with Crippen molar-refractivity contribution in [2.75, 3.05) is 13.1 Å². The summed E-state index contributed by atoms with van der Waals surface area (Å²) >= 11 is 3.32. The molecule has 1 aromatic carbocycles. The zero-order valence-corrected chi connectivity index (χ0v) is 13.6. The Morgan fingerprint density at radius 1 is 1.32 bits per heavy atom. The van der Waals surface area contributed by atoms with E-state index in [1.54, 1.807) is 6.07 Å². The number of rotatable bonds is 3. The molecule has 1 aliphatic heterocycles. The van der Waals surface area contributed by atoms with E-state index in [9.17, 15) is 8.42 Å².